The minimum Gasteiger partial charge on any atom is -0.493 e. The summed E-state index contributed by atoms with van der Waals surface area (Å²) in [6.07, 6.45) is 2.59. The van der Waals surface area contributed by atoms with Crippen LogP contribution in [-0.4, -0.2) is 11.6 Å². The molecule has 20 heavy (non-hydrogen) atoms. The number of hydrogen-bond donors (Lipinski definition) is 1. The number of nitrogen functional groups attached to an aromatic ring is 1. The first-order chi connectivity index (χ1) is 9.70. The Bertz CT molecular complexity index is 655. The van der Waals surface area contributed by atoms with Crippen LogP contribution in [-0.2, 0) is 12.8 Å². The molecule has 0 saturated carbocycles. The van der Waals surface area contributed by atoms with Gasteiger partial charge in [-0.25, -0.2) is 9.37 Å². The van der Waals surface area contributed by atoms with Gasteiger partial charge in [-0.05, 0) is 43.0 Å². The van der Waals surface area contributed by atoms with E-state index in [1.807, 2.05) is 19.1 Å². The molecule has 3 nitrogen and oxygen atoms in total. The standard InChI is InChI=1S/C16H17FN2O/c1-2-13-11(6-8-14(18)19-13)15-12(17)7-5-10-4-3-9-20-16(10)15/h5-8H,2-4,9H2,1H3,(H2,18,19). The highest BCUT2D eigenvalue weighted by atomic mass is 19.1. The summed E-state index contributed by atoms with van der Waals surface area (Å²) >= 11 is 0. The van der Waals surface area contributed by atoms with Crippen molar-refractivity contribution in [3.05, 3.63) is 41.3 Å². The van der Waals surface area contributed by atoms with Crippen molar-refractivity contribution in [3.63, 3.8) is 0 Å². The molecule has 0 spiro atoms. The summed E-state index contributed by atoms with van der Waals surface area (Å²) in [6, 6.07) is 6.86. The van der Waals surface area contributed by atoms with Crippen molar-refractivity contribution in [2.24, 2.45) is 0 Å². The van der Waals surface area contributed by atoms with E-state index in [1.165, 1.54) is 6.07 Å². The largest absolute Gasteiger partial charge is 0.493 e. The Labute approximate surface area is 117 Å². The van der Waals surface area contributed by atoms with Crippen molar-refractivity contribution >= 4 is 5.82 Å². The molecule has 0 atom stereocenters. The molecule has 2 aromatic rings. The van der Waals surface area contributed by atoms with Crippen LogP contribution in [0, 0.1) is 5.82 Å². The third-order valence-corrected chi connectivity index (χ3v) is 3.63. The zero-order valence-corrected chi connectivity index (χ0v) is 11.4. The summed E-state index contributed by atoms with van der Waals surface area (Å²) in [5.74, 6) is 0.848. The molecule has 4 heteroatoms. The number of ether oxygens (including phenoxy) is 1. The summed E-state index contributed by atoms with van der Waals surface area (Å²) in [7, 11) is 0. The SMILES string of the molecule is CCc1nc(N)ccc1-c1c(F)ccc2c1OCCC2. The van der Waals surface area contributed by atoms with Crippen molar-refractivity contribution < 1.29 is 9.13 Å². The zero-order chi connectivity index (χ0) is 14.1. The summed E-state index contributed by atoms with van der Waals surface area (Å²) in [6.45, 7) is 2.62. The molecule has 104 valence electrons. The van der Waals surface area contributed by atoms with Gasteiger partial charge in [-0.15, -0.1) is 0 Å². The van der Waals surface area contributed by atoms with Crippen molar-refractivity contribution in [2.45, 2.75) is 26.2 Å². The quantitative estimate of drug-likeness (QED) is 0.912. The van der Waals surface area contributed by atoms with Crippen LogP contribution in [0.25, 0.3) is 11.1 Å². The number of fused-ring (bicyclic) bond motifs is 1. The smallest absolute Gasteiger partial charge is 0.134 e. The van der Waals surface area contributed by atoms with Crippen LogP contribution in [0.15, 0.2) is 24.3 Å². The van der Waals surface area contributed by atoms with E-state index < -0.39 is 0 Å². The summed E-state index contributed by atoms with van der Waals surface area (Å²) in [5.41, 5.74) is 8.88. The molecule has 1 aliphatic heterocycles. The monoisotopic (exact) mass is 272 g/mol. The van der Waals surface area contributed by atoms with Gasteiger partial charge in [-0.2, -0.15) is 0 Å². The molecule has 0 unspecified atom stereocenters. The Balaban J connectivity index is 2.24. The van der Waals surface area contributed by atoms with Crippen molar-refractivity contribution in [3.8, 4) is 16.9 Å². The molecular formula is C16H17FN2O. The van der Waals surface area contributed by atoms with E-state index in [4.69, 9.17) is 10.5 Å². The Morgan fingerprint density at radius 2 is 2.15 bits per heavy atom. The fraction of sp³-hybridized carbons (Fsp3) is 0.312. The first-order valence-electron chi connectivity index (χ1n) is 6.90. The van der Waals surface area contributed by atoms with Crippen molar-refractivity contribution in [1.82, 2.24) is 4.98 Å². The maximum Gasteiger partial charge on any atom is 0.134 e. The van der Waals surface area contributed by atoms with Crippen LogP contribution < -0.4 is 10.5 Å². The number of anilines is 1. The van der Waals surface area contributed by atoms with Crippen LogP contribution in [0.3, 0.4) is 0 Å². The average molecular weight is 272 g/mol. The highest BCUT2D eigenvalue weighted by Crippen LogP contribution is 2.39. The number of rotatable bonds is 2. The lowest BCUT2D eigenvalue weighted by Gasteiger charge is -2.22. The van der Waals surface area contributed by atoms with Gasteiger partial charge in [0, 0.05) is 5.56 Å². The Kier molecular flexibility index (Phi) is 3.30. The van der Waals surface area contributed by atoms with Crippen molar-refractivity contribution in [1.29, 1.82) is 0 Å². The molecule has 0 amide bonds. The van der Waals surface area contributed by atoms with Crippen LogP contribution in [0.4, 0.5) is 10.2 Å². The molecule has 0 aliphatic carbocycles. The van der Waals surface area contributed by atoms with Crippen LogP contribution in [0.1, 0.15) is 24.6 Å². The number of benzene rings is 1. The molecule has 1 aromatic carbocycles. The van der Waals surface area contributed by atoms with Gasteiger partial charge in [-0.1, -0.05) is 13.0 Å². The predicted octanol–water partition coefficient (Wildman–Crippen LogP) is 3.36. The van der Waals surface area contributed by atoms with E-state index in [1.54, 1.807) is 6.07 Å². The Morgan fingerprint density at radius 1 is 1.30 bits per heavy atom. The van der Waals surface area contributed by atoms with Gasteiger partial charge in [-0.3, -0.25) is 0 Å². The molecule has 0 radical (unpaired) electrons. The van der Waals surface area contributed by atoms with Crippen molar-refractivity contribution in [2.75, 3.05) is 12.3 Å². The van der Waals surface area contributed by atoms with E-state index in [0.29, 0.717) is 30.2 Å². The van der Waals surface area contributed by atoms with Crippen LogP contribution >= 0.6 is 0 Å². The van der Waals surface area contributed by atoms with Gasteiger partial charge in [0.15, 0.2) is 0 Å². The first kappa shape index (κ1) is 12.9. The molecule has 2 heterocycles. The number of hydrogen-bond acceptors (Lipinski definition) is 3. The summed E-state index contributed by atoms with van der Waals surface area (Å²) in [5, 5.41) is 0. The second kappa shape index (κ2) is 5.12. The van der Waals surface area contributed by atoms with Gasteiger partial charge in [0.05, 0.1) is 17.9 Å². The molecule has 0 saturated heterocycles. The molecule has 3 rings (SSSR count). The van der Waals surface area contributed by atoms with E-state index >= 15 is 0 Å². The maximum atomic E-state index is 14.3. The second-order valence-corrected chi connectivity index (χ2v) is 4.95. The zero-order valence-electron chi connectivity index (χ0n) is 11.4. The number of halogens is 1. The second-order valence-electron chi connectivity index (χ2n) is 4.95. The summed E-state index contributed by atoms with van der Waals surface area (Å²) < 4.78 is 20.1. The van der Waals surface area contributed by atoms with Crippen LogP contribution in [0.2, 0.25) is 0 Å². The lowest BCUT2D eigenvalue weighted by molar-refractivity contribution is 0.288. The lowest BCUT2D eigenvalue weighted by Crippen LogP contribution is -2.11. The van der Waals surface area contributed by atoms with Gasteiger partial charge in [0.2, 0.25) is 0 Å². The lowest BCUT2D eigenvalue weighted by atomic mass is 9.95. The maximum absolute atomic E-state index is 14.3. The van der Waals surface area contributed by atoms with Gasteiger partial charge >= 0.3 is 0 Å². The van der Waals surface area contributed by atoms with E-state index in [9.17, 15) is 4.39 Å². The minimum absolute atomic E-state index is 0.271. The topological polar surface area (TPSA) is 48.1 Å². The first-order valence-corrected chi connectivity index (χ1v) is 6.90. The third kappa shape index (κ3) is 2.11. The normalized spacial score (nSPS) is 13.7. The van der Waals surface area contributed by atoms with Crippen LogP contribution in [0.5, 0.6) is 5.75 Å². The number of aromatic nitrogens is 1. The number of nitrogens with two attached hydrogens (primary N) is 1. The number of nitrogens with zero attached hydrogens (tertiary/aromatic N) is 1. The highest BCUT2D eigenvalue weighted by Gasteiger charge is 2.21. The predicted molar refractivity (Wildman–Crippen MR) is 77.2 cm³/mol. The number of pyridine rings is 1. The molecular weight excluding hydrogens is 255 g/mol. The van der Waals surface area contributed by atoms with E-state index in [-0.39, 0.29) is 5.82 Å². The highest BCUT2D eigenvalue weighted by molar-refractivity contribution is 5.75. The van der Waals surface area contributed by atoms with E-state index in [0.717, 1.165) is 29.7 Å². The molecule has 1 aromatic heterocycles. The fourth-order valence-corrected chi connectivity index (χ4v) is 2.67. The minimum atomic E-state index is -0.271. The average Bonchev–Trinajstić information content (AvgIpc) is 2.48. The molecule has 0 bridgehead atoms. The third-order valence-electron chi connectivity index (χ3n) is 3.63. The Hall–Kier alpha value is -2.10. The Morgan fingerprint density at radius 3 is 2.95 bits per heavy atom. The molecule has 1 aliphatic rings. The molecule has 2 N–H and O–H groups in total. The fourth-order valence-electron chi connectivity index (χ4n) is 2.67. The summed E-state index contributed by atoms with van der Waals surface area (Å²) in [4.78, 5) is 4.31. The van der Waals surface area contributed by atoms with Gasteiger partial charge in [0.1, 0.15) is 17.4 Å². The van der Waals surface area contributed by atoms with Gasteiger partial charge in [0.25, 0.3) is 0 Å². The van der Waals surface area contributed by atoms with E-state index in [2.05, 4.69) is 4.98 Å². The number of aryl methyl sites for hydroxylation is 2. The van der Waals surface area contributed by atoms with Gasteiger partial charge < -0.3 is 10.5 Å². The molecule has 0 fully saturated rings.